The monoisotopic (exact) mass is 363 g/mol. The molecule has 1 aromatic heterocycles. The summed E-state index contributed by atoms with van der Waals surface area (Å²) in [5.74, 6) is -0.187. The number of nitrogens with one attached hydrogen (secondary N) is 3. The summed E-state index contributed by atoms with van der Waals surface area (Å²) in [6, 6.07) is 7.40. The van der Waals surface area contributed by atoms with Gasteiger partial charge < -0.3 is 15.6 Å². The lowest BCUT2D eigenvalue weighted by Crippen LogP contribution is -2.46. The molecule has 2 unspecified atom stereocenters. The number of carbonyl (C=O) groups excluding carboxylic acids is 1. The van der Waals surface area contributed by atoms with E-state index in [2.05, 4.69) is 38.5 Å². The molecule has 1 aromatic carbocycles. The predicted octanol–water partition coefficient (Wildman–Crippen LogP) is 2.16. The van der Waals surface area contributed by atoms with Crippen molar-refractivity contribution >= 4 is 32.7 Å². The molecular weight excluding hydrogens is 346 g/mol. The van der Waals surface area contributed by atoms with Gasteiger partial charge in [-0.2, -0.15) is 0 Å². The van der Waals surface area contributed by atoms with E-state index >= 15 is 0 Å². The molecule has 5 nitrogen and oxygen atoms in total. The van der Waals surface area contributed by atoms with Crippen molar-refractivity contribution in [3.8, 4) is 0 Å². The second-order valence-electron chi connectivity index (χ2n) is 5.79. The largest absolute Gasteiger partial charge is 0.349 e. The van der Waals surface area contributed by atoms with Gasteiger partial charge in [0.1, 0.15) is 0 Å². The summed E-state index contributed by atoms with van der Waals surface area (Å²) in [5, 5.41) is 7.16. The Morgan fingerprint density at radius 3 is 2.95 bits per heavy atom. The molecular formula is C16H18BrN3O2. The smallest absolute Gasteiger partial charge is 0.252 e. The molecule has 0 saturated carbocycles. The van der Waals surface area contributed by atoms with Gasteiger partial charge in [-0.15, -0.1) is 0 Å². The predicted molar refractivity (Wildman–Crippen MR) is 90.2 cm³/mol. The standard InChI is InChI=1S/C16H18BrN3O2/c1-9-6-11(4-5-18-9)19-16(22)13-8-15(21)20-14-3-2-10(17)7-12(13)14/h2-3,7-9,11,18H,4-6H2,1H3,(H,19,22)(H,20,21). The number of hydrogen-bond acceptors (Lipinski definition) is 3. The summed E-state index contributed by atoms with van der Waals surface area (Å²) in [6.07, 6.45) is 1.80. The number of rotatable bonds is 2. The normalized spacial score (nSPS) is 21.7. The number of pyridine rings is 1. The fourth-order valence-electron chi connectivity index (χ4n) is 2.94. The number of carbonyl (C=O) groups is 1. The van der Waals surface area contributed by atoms with Crippen LogP contribution in [0.3, 0.4) is 0 Å². The van der Waals surface area contributed by atoms with Crippen LogP contribution >= 0.6 is 15.9 Å². The summed E-state index contributed by atoms with van der Waals surface area (Å²) in [4.78, 5) is 27.1. The molecule has 0 aliphatic carbocycles. The zero-order valence-electron chi connectivity index (χ0n) is 12.3. The number of fused-ring (bicyclic) bond motifs is 1. The van der Waals surface area contributed by atoms with E-state index in [0.29, 0.717) is 17.1 Å². The van der Waals surface area contributed by atoms with Crippen LogP contribution < -0.4 is 16.2 Å². The lowest BCUT2D eigenvalue weighted by Gasteiger charge is -2.28. The molecule has 3 rings (SSSR count). The van der Waals surface area contributed by atoms with Crippen molar-refractivity contribution in [3.05, 3.63) is 44.7 Å². The molecule has 0 spiro atoms. The molecule has 2 heterocycles. The number of benzene rings is 1. The second kappa shape index (κ2) is 6.22. The molecule has 6 heteroatoms. The van der Waals surface area contributed by atoms with E-state index in [1.54, 1.807) is 6.07 Å². The third-order valence-electron chi connectivity index (χ3n) is 4.01. The Balaban J connectivity index is 1.93. The highest BCUT2D eigenvalue weighted by Crippen LogP contribution is 2.21. The summed E-state index contributed by atoms with van der Waals surface area (Å²) in [6.45, 7) is 3.01. The molecule has 2 atom stereocenters. The molecule has 1 saturated heterocycles. The number of aromatic nitrogens is 1. The molecule has 1 aliphatic rings. The van der Waals surface area contributed by atoms with Crippen molar-refractivity contribution in [2.75, 3.05) is 6.54 Å². The maximum atomic E-state index is 12.6. The Morgan fingerprint density at radius 2 is 2.18 bits per heavy atom. The van der Waals surface area contributed by atoms with Crippen LogP contribution in [0.1, 0.15) is 30.1 Å². The van der Waals surface area contributed by atoms with Gasteiger partial charge in [0.25, 0.3) is 5.91 Å². The van der Waals surface area contributed by atoms with Crippen LogP contribution in [0.2, 0.25) is 0 Å². The maximum Gasteiger partial charge on any atom is 0.252 e. The molecule has 116 valence electrons. The first-order valence-electron chi connectivity index (χ1n) is 7.40. The van der Waals surface area contributed by atoms with E-state index < -0.39 is 0 Å². The van der Waals surface area contributed by atoms with Crippen LogP contribution in [0, 0.1) is 0 Å². The zero-order valence-corrected chi connectivity index (χ0v) is 13.9. The molecule has 22 heavy (non-hydrogen) atoms. The molecule has 0 bridgehead atoms. The first-order valence-corrected chi connectivity index (χ1v) is 8.19. The van der Waals surface area contributed by atoms with Crippen LogP contribution in [0.5, 0.6) is 0 Å². The Labute approximate surface area is 136 Å². The summed E-state index contributed by atoms with van der Waals surface area (Å²) < 4.78 is 0.872. The number of amides is 1. The first kappa shape index (κ1) is 15.2. The zero-order chi connectivity index (χ0) is 15.7. The Bertz CT molecular complexity index is 772. The van der Waals surface area contributed by atoms with Crippen molar-refractivity contribution < 1.29 is 4.79 Å². The van der Waals surface area contributed by atoms with Gasteiger partial charge in [-0.25, -0.2) is 0 Å². The highest BCUT2D eigenvalue weighted by Gasteiger charge is 2.21. The summed E-state index contributed by atoms with van der Waals surface area (Å²) in [7, 11) is 0. The molecule has 1 aliphatic heterocycles. The van der Waals surface area contributed by atoms with Gasteiger partial charge in [-0.3, -0.25) is 9.59 Å². The van der Waals surface area contributed by atoms with Gasteiger partial charge in [0, 0.05) is 33.5 Å². The fraction of sp³-hybridized carbons (Fsp3) is 0.375. The second-order valence-corrected chi connectivity index (χ2v) is 6.70. The SMILES string of the molecule is CC1CC(NC(=O)c2cc(=O)[nH]c3ccc(Br)cc23)CCN1. The average molecular weight is 364 g/mol. The van der Waals surface area contributed by atoms with Gasteiger partial charge in [0.2, 0.25) is 5.56 Å². The minimum absolute atomic E-state index is 0.144. The van der Waals surface area contributed by atoms with Gasteiger partial charge in [0.15, 0.2) is 0 Å². The molecule has 0 radical (unpaired) electrons. The van der Waals surface area contributed by atoms with Gasteiger partial charge in [-0.1, -0.05) is 15.9 Å². The van der Waals surface area contributed by atoms with E-state index in [-0.39, 0.29) is 17.5 Å². The van der Waals surface area contributed by atoms with Crippen molar-refractivity contribution in [2.24, 2.45) is 0 Å². The van der Waals surface area contributed by atoms with E-state index in [1.165, 1.54) is 6.07 Å². The average Bonchev–Trinajstić information content (AvgIpc) is 2.47. The lowest BCUT2D eigenvalue weighted by molar-refractivity contribution is 0.0927. The van der Waals surface area contributed by atoms with E-state index in [9.17, 15) is 9.59 Å². The van der Waals surface area contributed by atoms with Gasteiger partial charge in [-0.05, 0) is 44.5 Å². The summed E-state index contributed by atoms with van der Waals surface area (Å²) >= 11 is 3.41. The quantitative estimate of drug-likeness (QED) is 0.765. The van der Waals surface area contributed by atoms with Crippen LogP contribution in [0.4, 0.5) is 0 Å². The van der Waals surface area contributed by atoms with Crippen LogP contribution in [0.15, 0.2) is 33.5 Å². The van der Waals surface area contributed by atoms with E-state index in [1.807, 2.05) is 12.1 Å². The van der Waals surface area contributed by atoms with Crippen molar-refractivity contribution in [1.82, 2.24) is 15.6 Å². The number of aromatic amines is 1. The van der Waals surface area contributed by atoms with Crippen LogP contribution in [-0.4, -0.2) is 29.5 Å². The third kappa shape index (κ3) is 3.23. The molecule has 1 fully saturated rings. The summed E-state index contributed by atoms with van der Waals surface area (Å²) in [5.41, 5.74) is 0.824. The van der Waals surface area contributed by atoms with Crippen LogP contribution in [-0.2, 0) is 0 Å². The minimum atomic E-state index is -0.265. The van der Waals surface area contributed by atoms with Gasteiger partial charge >= 0.3 is 0 Å². The Morgan fingerprint density at radius 1 is 1.36 bits per heavy atom. The molecule has 1 amide bonds. The minimum Gasteiger partial charge on any atom is -0.349 e. The lowest BCUT2D eigenvalue weighted by atomic mass is 10.00. The Hall–Kier alpha value is -1.66. The van der Waals surface area contributed by atoms with E-state index in [4.69, 9.17) is 0 Å². The fourth-order valence-corrected chi connectivity index (χ4v) is 3.30. The van der Waals surface area contributed by atoms with Crippen molar-refractivity contribution in [2.45, 2.75) is 31.8 Å². The highest BCUT2D eigenvalue weighted by molar-refractivity contribution is 9.10. The van der Waals surface area contributed by atoms with E-state index in [0.717, 1.165) is 29.2 Å². The number of hydrogen-bond donors (Lipinski definition) is 3. The Kier molecular flexibility index (Phi) is 4.31. The molecule has 2 aromatic rings. The van der Waals surface area contributed by atoms with Gasteiger partial charge in [0.05, 0.1) is 5.56 Å². The van der Waals surface area contributed by atoms with Crippen molar-refractivity contribution in [1.29, 1.82) is 0 Å². The first-order chi connectivity index (χ1) is 10.5. The number of piperidine rings is 1. The maximum absolute atomic E-state index is 12.6. The third-order valence-corrected chi connectivity index (χ3v) is 4.50. The topological polar surface area (TPSA) is 74.0 Å². The molecule has 3 N–H and O–H groups in total. The highest BCUT2D eigenvalue weighted by atomic mass is 79.9. The number of H-pyrrole nitrogens is 1. The van der Waals surface area contributed by atoms with Crippen molar-refractivity contribution in [3.63, 3.8) is 0 Å². The van der Waals surface area contributed by atoms with Crippen LogP contribution in [0.25, 0.3) is 10.9 Å². The number of halogens is 1.